The maximum Gasteiger partial charge on any atom is 0.224 e. The molecule has 5 rings (SSSR count). The zero-order chi connectivity index (χ0) is 22.2. The van der Waals surface area contributed by atoms with Crippen molar-refractivity contribution in [3.05, 3.63) is 54.2 Å². The molecule has 1 saturated heterocycles. The molecule has 3 heterocycles. The molecular formula is C26H35N5O. The van der Waals surface area contributed by atoms with Crippen molar-refractivity contribution in [3.63, 3.8) is 0 Å². The van der Waals surface area contributed by atoms with Gasteiger partial charge in [-0.3, -0.25) is 9.69 Å². The molecule has 0 saturated carbocycles. The second-order valence-electron chi connectivity index (χ2n) is 9.74. The number of piperidine rings is 1. The number of aryl methyl sites for hydroxylation is 1. The van der Waals surface area contributed by atoms with Crippen LogP contribution < -0.4 is 5.32 Å². The van der Waals surface area contributed by atoms with Crippen LogP contribution in [0.5, 0.6) is 0 Å². The molecule has 170 valence electrons. The van der Waals surface area contributed by atoms with Crippen LogP contribution in [0.25, 0.3) is 10.9 Å². The lowest BCUT2D eigenvalue weighted by molar-refractivity contribution is -0.127. The fourth-order valence-corrected chi connectivity index (χ4v) is 5.95. The van der Waals surface area contributed by atoms with E-state index >= 15 is 0 Å². The molecule has 1 amide bonds. The number of likely N-dealkylation sites (tertiary alicyclic amines) is 1. The van der Waals surface area contributed by atoms with E-state index in [0.717, 1.165) is 38.9 Å². The normalized spacial score (nSPS) is 22.9. The van der Waals surface area contributed by atoms with Crippen molar-refractivity contribution in [2.45, 2.75) is 64.6 Å². The fraction of sp³-hybridized carbons (Fsp3) is 0.538. The highest BCUT2D eigenvalue weighted by Gasteiger charge is 2.42. The van der Waals surface area contributed by atoms with Crippen molar-refractivity contribution >= 4 is 16.8 Å². The number of nitrogens with one attached hydrogen (secondary N) is 1. The van der Waals surface area contributed by atoms with Crippen LogP contribution in [0.4, 0.5) is 0 Å². The van der Waals surface area contributed by atoms with Gasteiger partial charge in [-0.1, -0.05) is 19.1 Å². The Bertz CT molecular complexity index is 1080. The molecule has 1 N–H and O–H groups in total. The molecule has 0 spiro atoms. The van der Waals surface area contributed by atoms with Crippen molar-refractivity contribution in [2.75, 3.05) is 19.6 Å². The molecule has 2 aliphatic rings. The Labute approximate surface area is 190 Å². The number of benzene rings is 1. The molecule has 0 radical (unpaired) electrons. The fourth-order valence-electron chi connectivity index (χ4n) is 5.95. The van der Waals surface area contributed by atoms with Crippen LogP contribution in [0.2, 0.25) is 0 Å². The van der Waals surface area contributed by atoms with Gasteiger partial charge in [-0.25, -0.2) is 4.98 Å². The molecule has 2 aromatic heterocycles. The predicted molar refractivity (Wildman–Crippen MR) is 128 cm³/mol. The first-order valence-electron chi connectivity index (χ1n) is 12.2. The number of imidazole rings is 1. The van der Waals surface area contributed by atoms with Gasteiger partial charge < -0.3 is 14.5 Å². The summed E-state index contributed by atoms with van der Waals surface area (Å²) in [5, 5.41) is 4.66. The quantitative estimate of drug-likeness (QED) is 0.574. The van der Waals surface area contributed by atoms with Gasteiger partial charge in [0.05, 0.1) is 12.2 Å². The molecule has 1 aliphatic carbocycles. The Kier molecular flexibility index (Phi) is 5.80. The van der Waals surface area contributed by atoms with Gasteiger partial charge in [0.25, 0.3) is 0 Å². The van der Waals surface area contributed by atoms with Crippen molar-refractivity contribution in [3.8, 4) is 0 Å². The van der Waals surface area contributed by atoms with Gasteiger partial charge in [-0.15, -0.1) is 0 Å². The number of hydrogen-bond donors (Lipinski definition) is 1. The van der Waals surface area contributed by atoms with Gasteiger partial charge in [0.2, 0.25) is 5.91 Å². The monoisotopic (exact) mass is 433 g/mol. The SMILES string of the molecule is CCN1C[C@H](C(=O)NCCCn2ccnc2)CC2c3cccc4c3c(cn4C(C)C)C[C@H]21. The average Bonchev–Trinajstić information content (AvgIpc) is 3.45. The van der Waals surface area contributed by atoms with Crippen LogP contribution in [0, 0.1) is 5.92 Å². The van der Waals surface area contributed by atoms with Crippen LogP contribution >= 0.6 is 0 Å². The minimum absolute atomic E-state index is 0.0495. The van der Waals surface area contributed by atoms with E-state index in [0.29, 0.717) is 24.5 Å². The summed E-state index contributed by atoms with van der Waals surface area (Å²) < 4.78 is 4.48. The highest BCUT2D eigenvalue weighted by atomic mass is 16.1. The largest absolute Gasteiger partial charge is 0.356 e. The summed E-state index contributed by atoms with van der Waals surface area (Å²) in [6.07, 6.45) is 10.9. The minimum Gasteiger partial charge on any atom is -0.356 e. The Morgan fingerprint density at radius 3 is 2.94 bits per heavy atom. The van der Waals surface area contributed by atoms with E-state index in [1.165, 1.54) is 22.0 Å². The Morgan fingerprint density at radius 1 is 1.31 bits per heavy atom. The Balaban J connectivity index is 1.34. The molecule has 1 fully saturated rings. The zero-order valence-corrected chi connectivity index (χ0v) is 19.5. The third kappa shape index (κ3) is 3.75. The number of carbonyl (C=O) groups is 1. The average molecular weight is 434 g/mol. The smallest absolute Gasteiger partial charge is 0.224 e. The topological polar surface area (TPSA) is 55.1 Å². The molecule has 3 aromatic rings. The summed E-state index contributed by atoms with van der Waals surface area (Å²) in [5.41, 5.74) is 4.27. The molecule has 1 aliphatic heterocycles. The van der Waals surface area contributed by atoms with E-state index in [-0.39, 0.29) is 11.8 Å². The van der Waals surface area contributed by atoms with Crippen molar-refractivity contribution < 1.29 is 4.79 Å². The lowest BCUT2D eigenvalue weighted by Gasteiger charge is -2.46. The molecule has 0 bridgehead atoms. The van der Waals surface area contributed by atoms with Gasteiger partial charge in [0, 0.05) is 67.1 Å². The van der Waals surface area contributed by atoms with Gasteiger partial charge in [-0.2, -0.15) is 0 Å². The first-order valence-corrected chi connectivity index (χ1v) is 12.2. The molecular weight excluding hydrogens is 398 g/mol. The number of rotatable bonds is 7. The summed E-state index contributed by atoms with van der Waals surface area (Å²) in [6, 6.07) is 7.72. The molecule has 1 unspecified atom stereocenters. The van der Waals surface area contributed by atoms with E-state index in [2.05, 4.69) is 69.5 Å². The standard InChI is InChI=1S/C26H35N5O/c1-4-30-15-20(26(32)28-9-6-11-29-12-10-27-17-29)13-22-21-7-5-8-23-25(21)19(14-24(22)30)16-31(23)18(2)3/h5,7-8,10,12,16-18,20,22,24H,4,6,9,11,13-15H2,1-3H3,(H,28,32)/t20-,22?,24-/m1/s1. The summed E-state index contributed by atoms with van der Waals surface area (Å²) in [6.45, 7) is 10.2. The first kappa shape index (κ1) is 21.3. The van der Waals surface area contributed by atoms with Crippen molar-refractivity contribution in [1.29, 1.82) is 0 Å². The predicted octanol–water partition coefficient (Wildman–Crippen LogP) is 3.98. The van der Waals surface area contributed by atoms with E-state index in [4.69, 9.17) is 0 Å². The number of hydrogen-bond acceptors (Lipinski definition) is 3. The van der Waals surface area contributed by atoms with Gasteiger partial charge in [0.1, 0.15) is 0 Å². The van der Waals surface area contributed by atoms with Crippen LogP contribution in [-0.2, 0) is 17.8 Å². The summed E-state index contributed by atoms with van der Waals surface area (Å²) in [4.78, 5) is 19.7. The van der Waals surface area contributed by atoms with Crippen LogP contribution in [0.1, 0.15) is 56.7 Å². The minimum atomic E-state index is 0.0495. The Morgan fingerprint density at radius 2 is 2.19 bits per heavy atom. The third-order valence-electron chi connectivity index (χ3n) is 7.51. The van der Waals surface area contributed by atoms with E-state index in [1.54, 1.807) is 6.20 Å². The highest BCUT2D eigenvalue weighted by molar-refractivity contribution is 5.89. The second-order valence-corrected chi connectivity index (χ2v) is 9.74. The van der Waals surface area contributed by atoms with Gasteiger partial charge in [-0.05, 0) is 56.8 Å². The molecule has 1 aromatic carbocycles. The summed E-state index contributed by atoms with van der Waals surface area (Å²) in [5.74, 6) is 0.684. The van der Waals surface area contributed by atoms with E-state index in [1.807, 2.05) is 12.5 Å². The number of nitrogens with zero attached hydrogens (tertiary/aromatic N) is 4. The third-order valence-corrected chi connectivity index (χ3v) is 7.51. The molecule has 32 heavy (non-hydrogen) atoms. The maximum atomic E-state index is 13.1. The zero-order valence-electron chi connectivity index (χ0n) is 19.5. The maximum absolute atomic E-state index is 13.1. The molecule has 3 atom stereocenters. The number of carbonyl (C=O) groups excluding carboxylic acids is 1. The van der Waals surface area contributed by atoms with Gasteiger partial charge in [0.15, 0.2) is 0 Å². The summed E-state index contributed by atoms with van der Waals surface area (Å²) in [7, 11) is 0. The lowest BCUT2D eigenvalue weighted by atomic mass is 9.72. The van der Waals surface area contributed by atoms with Crippen molar-refractivity contribution in [1.82, 2.24) is 24.3 Å². The number of likely N-dealkylation sites (N-methyl/N-ethyl adjacent to an activating group) is 1. The lowest BCUT2D eigenvalue weighted by Crippen LogP contribution is -2.53. The molecule has 6 nitrogen and oxygen atoms in total. The first-order chi connectivity index (χ1) is 15.6. The van der Waals surface area contributed by atoms with Crippen LogP contribution in [0.3, 0.4) is 0 Å². The molecule has 6 heteroatoms. The van der Waals surface area contributed by atoms with Crippen LogP contribution in [0.15, 0.2) is 43.1 Å². The number of amides is 1. The number of fused-ring (bicyclic) bond motifs is 2. The number of aromatic nitrogens is 3. The van der Waals surface area contributed by atoms with E-state index in [9.17, 15) is 4.79 Å². The van der Waals surface area contributed by atoms with E-state index < -0.39 is 0 Å². The van der Waals surface area contributed by atoms with Gasteiger partial charge >= 0.3 is 0 Å². The van der Waals surface area contributed by atoms with Crippen LogP contribution in [-0.4, -0.2) is 50.6 Å². The Hall–Kier alpha value is -2.60. The summed E-state index contributed by atoms with van der Waals surface area (Å²) >= 11 is 0. The highest BCUT2D eigenvalue weighted by Crippen LogP contribution is 2.45. The van der Waals surface area contributed by atoms with Crippen molar-refractivity contribution in [2.24, 2.45) is 5.92 Å². The second kappa shape index (κ2) is 8.74.